The average molecular weight is 210 g/mol. The molecule has 1 aromatic heterocycles. The van der Waals surface area contributed by atoms with E-state index < -0.39 is 5.82 Å². The highest BCUT2D eigenvalue weighted by molar-refractivity contribution is 7.13. The molecule has 0 spiro atoms. The zero-order chi connectivity index (χ0) is 10.1. The number of aromatic nitrogens is 1. The van der Waals surface area contributed by atoms with Crippen LogP contribution in [0, 0.1) is 5.82 Å². The third-order valence-corrected chi connectivity index (χ3v) is 2.43. The number of nitrogen functional groups attached to an aromatic ring is 1. The molecule has 0 atom stereocenters. The largest absolute Gasteiger partial charge is 0.507 e. The van der Waals surface area contributed by atoms with Gasteiger partial charge in [0.1, 0.15) is 11.6 Å². The number of thiazole rings is 1. The van der Waals surface area contributed by atoms with E-state index in [-0.39, 0.29) is 5.75 Å². The molecule has 2 rings (SSSR count). The van der Waals surface area contributed by atoms with Crippen molar-refractivity contribution in [2.24, 2.45) is 0 Å². The lowest BCUT2D eigenvalue weighted by atomic mass is 10.1. The molecule has 14 heavy (non-hydrogen) atoms. The number of benzene rings is 1. The summed E-state index contributed by atoms with van der Waals surface area (Å²) in [6.45, 7) is 0. The molecule has 1 aromatic carbocycles. The highest BCUT2D eigenvalue weighted by Gasteiger charge is 2.08. The molecule has 0 aliphatic heterocycles. The van der Waals surface area contributed by atoms with E-state index in [9.17, 15) is 9.50 Å². The van der Waals surface area contributed by atoms with E-state index in [1.807, 2.05) is 0 Å². The summed E-state index contributed by atoms with van der Waals surface area (Å²) in [4.78, 5) is 3.95. The Balaban J connectivity index is 2.55. The zero-order valence-corrected chi connectivity index (χ0v) is 7.88. The summed E-state index contributed by atoms with van der Waals surface area (Å²) in [7, 11) is 0. The predicted octanol–water partition coefficient (Wildman–Crippen LogP) is 2.24. The second kappa shape index (κ2) is 3.26. The van der Waals surface area contributed by atoms with Crippen LogP contribution in [-0.4, -0.2) is 10.1 Å². The third-order valence-electron chi connectivity index (χ3n) is 1.76. The van der Waals surface area contributed by atoms with Crippen LogP contribution in [0.25, 0.3) is 11.3 Å². The van der Waals surface area contributed by atoms with Crippen LogP contribution in [0.1, 0.15) is 0 Å². The smallest absolute Gasteiger partial charge is 0.180 e. The number of anilines is 1. The third kappa shape index (κ3) is 1.54. The average Bonchev–Trinajstić information content (AvgIpc) is 2.56. The van der Waals surface area contributed by atoms with Gasteiger partial charge in [0.05, 0.1) is 5.69 Å². The molecule has 0 unspecified atom stereocenters. The van der Waals surface area contributed by atoms with E-state index in [1.54, 1.807) is 5.38 Å². The molecule has 2 aromatic rings. The first-order chi connectivity index (χ1) is 6.66. The monoisotopic (exact) mass is 210 g/mol. The molecular formula is C9H7FN2OS. The Kier molecular flexibility index (Phi) is 2.09. The summed E-state index contributed by atoms with van der Waals surface area (Å²) in [6, 6.07) is 3.71. The first kappa shape index (κ1) is 8.96. The van der Waals surface area contributed by atoms with E-state index in [4.69, 9.17) is 5.73 Å². The molecule has 0 radical (unpaired) electrons. The van der Waals surface area contributed by atoms with Crippen LogP contribution in [0.3, 0.4) is 0 Å². The second-order valence-corrected chi connectivity index (χ2v) is 3.62. The van der Waals surface area contributed by atoms with Crippen LogP contribution < -0.4 is 5.73 Å². The molecular weight excluding hydrogens is 203 g/mol. The fraction of sp³-hybridized carbons (Fsp3) is 0. The number of phenols is 1. The van der Waals surface area contributed by atoms with Crippen molar-refractivity contribution in [3.63, 3.8) is 0 Å². The van der Waals surface area contributed by atoms with Crippen LogP contribution in [-0.2, 0) is 0 Å². The Morgan fingerprint density at radius 2 is 2.21 bits per heavy atom. The second-order valence-electron chi connectivity index (χ2n) is 2.73. The summed E-state index contributed by atoms with van der Waals surface area (Å²) in [5.74, 6) is -0.416. The van der Waals surface area contributed by atoms with Crippen LogP contribution in [0.15, 0.2) is 23.6 Å². The maximum Gasteiger partial charge on any atom is 0.180 e. The maximum atomic E-state index is 12.9. The minimum atomic E-state index is -0.413. The lowest BCUT2D eigenvalue weighted by Gasteiger charge is -2.00. The summed E-state index contributed by atoms with van der Waals surface area (Å²) in [6.07, 6.45) is 0. The van der Waals surface area contributed by atoms with Crippen molar-refractivity contribution in [2.75, 3.05) is 5.73 Å². The molecule has 0 amide bonds. The van der Waals surface area contributed by atoms with Crippen molar-refractivity contribution in [3.8, 4) is 17.0 Å². The number of nitrogens with zero attached hydrogens (tertiary/aromatic N) is 1. The molecule has 5 heteroatoms. The van der Waals surface area contributed by atoms with Gasteiger partial charge in [-0.2, -0.15) is 0 Å². The van der Waals surface area contributed by atoms with E-state index in [1.165, 1.54) is 29.5 Å². The molecule has 0 aliphatic carbocycles. The SMILES string of the molecule is Nc1nc(-c2cc(F)ccc2O)cs1. The highest BCUT2D eigenvalue weighted by atomic mass is 32.1. The standard InChI is InChI=1S/C9H7FN2OS/c10-5-1-2-8(13)6(3-5)7-4-14-9(11)12-7/h1-4,13H,(H2,11,12). The van der Waals surface area contributed by atoms with E-state index in [2.05, 4.69) is 4.98 Å². The Labute approximate surface area is 83.6 Å². The van der Waals surface area contributed by atoms with Crippen molar-refractivity contribution < 1.29 is 9.50 Å². The molecule has 3 N–H and O–H groups in total. The summed E-state index contributed by atoms with van der Waals surface area (Å²) < 4.78 is 12.9. The zero-order valence-electron chi connectivity index (χ0n) is 7.07. The number of rotatable bonds is 1. The minimum Gasteiger partial charge on any atom is -0.507 e. The summed E-state index contributed by atoms with van der Waals surface area (Å²) in [5, 5.41) is 11.5. The molecule has 3 nitrogen and oxygen atoms in total. The van der Waals surface area contributed by atoms with E-state index >= 15 is 0 Å². The quantitative estimate of drug-likeness (QED) is 0.758. The Bertz CT molecular complexity index is 470. The fourth-order valence-electron chi connectivity index (χ4n) is 1.12. The Morgan fingerprint density at radius 1 is 1.43 bits per heavy atom. The first-order valence-electron chi connectivity index (χ1n) is 3.87. The molecule has 1 heterocycles. The lowest BCUT2D eigenvalue weighted by Crippen LogP contribution is -1.84. The van der Waals surface area contributed by atoms with Crippen molar-refractivity contribution in [2.45, 2.75) is 0 Å². The number of halogens is 1. The van der Waals surface area contributed by atoms with Crippen LogP contribution in [0.2, 0.25) is 0 Å². The van der Waals surface area contributed by atoms with E-state index in [0.29, 0.717) is 16.4 Å². The van der Waals surface area contributed by atoms with Gasteiger partial charge >= 0.3 is 0 Å². The topological polar surface area (TPSA) is 59.1 Å². The van der Waals surface area contributed by atoms with Gasteiger partial charge in [-0.1, -0.05) is 0 Å². The Morgan fingerprint density at radius 3 is 2.86 bits per heavy atom. The summed E-state index contributed by atoms with van der Waals surface area (Å²) >= 11 is 1.25. The number of hydrogen-bond acceptors (Lipinski definition) is 4. The number of phenolic OH excluding ortho intramolecular Hbond substituents is 1. The van der Waals surface area contributed by atoms with Crippen molar-refractivity contribution in [1.82, 2.24) is 4.98 Å². The van der Waals surface area contributed by atoms with Gasteiger partial charge in [0.2, 0.25) is 0 Å². The Hall–Kier alpha value is -1.62. The predicted molar refractivity (Wildman–Crippen MR) is 53.6 cm³/mol. The van der Waals surface area contributed by atoms with Gasteiger partial charge in [-0.3, -0.25) is 0 Å². The van der Waals surface area contributed by atoms with Gasteiger partial charge < -0.3 is 10.8 Å². The van der Waals surface area contributed by atoms with Crippen molar-refractivity contribution >= 4 is 16.5 Å². The lowest BCUT2D eigenvalue weighted by molar-refractivity contribution is 0.475. The van der Waals surface area contributed by atoms with Crippen molar-refractivity contribution in [3.05, 3.63) is 29.4 Å². The minimum absolute atomic E-state index is 0.00306. The van der Waals surface area contributed by atoms with Gasteiger partial charge in [-0.15, -0.1) is 11.3 Å². The molecule has 0 fully saturated rings. The normalized spacial score (nSPS) is 10.4. The van der Waals surface area contributed by atoms with Gasteiger partial charge in [0.15, 0.2) is 5.13 Å². The highest BCUT2D eigenvalue weighted by Crippen LogP contribution is 2.30. The number of nitrogens with two attached hydrogens (primary N) is 1. The van der Waals surface area contributed by atoms with E-state index in [0.717, 1.165) is 0 Å². The molecule has 0 bridgehead atoms. The summed E-state index contributed by atoms with van der Waals surface area (Å²) in [5.41, 5.74) is 6.29. The van der Waals surface area contributed by atoms with Gasteiger partial charge in [-0.25, -0.2) is 9.37 Å². The van der Waals surface area contributed by atoms with Gasteiger partial charge in [0, 0.05) is 10.9 Å². The van der Waals surface area contributed by atoms with Crippen LogP contribution in [0.5, 0.6) is 5.75 Å². The molecule has 0 aliphatic rings. The van der Waals surface area contributed by atoms with Crippen molar-refractivity contribution in [1.29, 1.82) is 0 Å². The first-order valence-corrected chi connectivity index (χ1v) is 4.74. The fourth-order valence-corrected chi connectivity index (χ4v) is 1.69. The molecule has 0 saturated heterocycles. The van der Waals surface area contributed by atoms with Crippen LogP contribution in [0.4, 0.5) is 9.52 Å². The number of hydrogen-bond donors (Lipinski definition) is 2. The van der Waals surface area contributed by atoms with Gasteiger partial charge in [-0.05, 0) is 18.2 Å². The van der Waals surface area contributed by atoms with Crippen LogP contribution >= 0.6 is 11.3 Å². The molecule has 0 saturated carbocycles. The number of aromatic hydroxyl groups is 1. The molecule has 72 valence electrons. The van der Waals surface area contributed by atoms with Gasteiger partial charge in [0.25, 0.3) is 0 Å². The maximum absolute atomic E-state index is 12.9.